The van der Waals surface area contributed by atoms with Crippen LogP contribution < -0.4 is 10.0 Å². The topological polar surface area (TPSA) is 147 Å². The molecule has 10 nitrogen and oxygen atoms in total. The average Bonchev–Trinajstić information content (AvgIpc) is 2.80. The number of benzene rings is 1. The van der Waals surface area contributed by atoms with Gasteiger partial charge < -0.3 is 10.8 Å². The Kier molecular flexibility index (Phi) is 5.63. The molecular weight excluding hydrogens is 304 g/mol. The molecule has 0 bridgehead atoms. The zero-order valence-electron chi connectivity index (χ0n) is 10.6. The fraction of sp³-hybridized carbons (Fsp3) is 0.100. The lowest BCUT2D eigenvalue weighted by Crippen LogP contribution is -2.25. The van der Waals surface area contributed by atoms with Crippen LogP contribution in [0.3, 0.4) is 0 Å². The number of aromatic nitrogens is 3. The molecule has 114 valence electrons. The summed E-state index contributed by atoms with van der Waals surface area (Å²) in [5.41, 5.74) is 5.55. The second-order valence-corrected chi connectivity index (χ2v) is 4.44. The highest BCUT2D eigenvalue weighted by molar-refractivity contribution is 7.82. The Hall–Kier alpha value is -2.66. The van der Waals surface area contributed by atoms with Crippen LogP contribution in [0.1, 0.15) is 0 Å². The third kappa shape index (κ3) is 5.08. The summed E-state index contributed by atoms with van der Waals surface area (Å²) in [6.07, 6.45) is -0.352. The predicted molar refractivity (Wildman–Crippen MR) is 71.4 cm³/mol. The molecule has 0 saturated carbocycles. The number of hydrogen-bond donors (Lipinski definition) is 2. The minimum atomic E-state index is -4.73. The zero-order valence-corrected chi connectivity index (χ0v) is 11.4. The third-order valence-corrected chi connectivity index (χ3v) is 2.49. The van der Waals surface area contributed by atoms with E-state index in [1.807, 2.05) is 0 Å². The van der Waals surface area contributed by atoms with Crippen molar-refractivity contribution in [1.82, 2.24) is 15.2 Å². The van der Waals surface area contributed by atoms with Gasteiger partial charge in [-0.1, -0.05) is 23.1 Å². The highest BCUT2D eigenvalue weighted by Crippen LogP contribution is 2.09. The third-order valence-electron chi connectivity index (χ3n) is 1.82. The van der Waals surface area contributed by atoms with E-state index in [9.17, 15) is 13.2 Å². The monoisotopic (exact) mass is 316 g/mol. The first-order valence-corrected chi connectivity index (χ1v) is 6.71. The number of nitrogens with zero attached hydrogens (tertiary/aromatic N) is 3. The fourth-order valence-electron chi connectivity index (χ4n) is 1.09. The highest BCUT2D eigenvalue weighted by atomic mass is 32.3. The Labute approximate surface area is 119 Å². The van der Waals surface area contributed by atoms with Crippen molar-refractivity contribution < 1.29 is 26.8 Å². The van der Waals surface area contributed by atoms with Gasteiger partial charge in [0.2, 0.25) is 0 Å². The minimum absolute atomic E-state index is 0.255. The number of rotatable bonds is 4. The number of fused-ring (bicyclic) bond motifs is 1. The van der Waals surface area contributed by atoms with Gasteiger partial charge in [-0.25, -0.2) is 9.08 Å². The Balaban J connectivity index is 0.000000491. The Morgan fingerprint density at radius 1 is 1.48 bits per heavy atom. The predicted octanol–water partition coefficient (Wildman–Crippen LogP) is -0.0696. The quantitative estimate of drug-likeness (QED) is 0.739. The molecule has 0 radical (unpaired) electrons. The lowest BCUT2D eigenvalue weighted by atomic mass is 10.3. The molecule has 0 aliphatic carbocycles. The summed E-state index contributed by atoms with van der Waals surface area (Å²) in [5, 5.41) is 15.1. The number of carbonyl (C=O) groups is 1. The van der Waals surface area contributed by atoms with Gasteiger partial charge in [-0.3, -0.25) is 4.18 Å². The van der Waals surface area contributed by atoms with E-state index in [0.29, 0.717) is 16.9 Å². The minimum Gasteiger partial charge on any atom is -0.449 e. The first-order valence-electron chi connectivity index (χ1n) is 5.38. The Bertz CT molecular complexity index is 726. The maximum absolute atomic E-state index is 11.0. The number of para-hydroxylation sites is 1. The van der Waals surface area contributed by atoms with E-state index in [1.54, 1.807) is 24.3 Å². The van der Waals surface area contributed by atoms with Gasteiger partial charge in [0.05, 0.1) is 0 Å². The molecule has 0 saturated heterocycles. The highest BCUT2D eigenvalue weighted by Gasteiger charge is 2.21. The number of nitrogens with two attached hydrogens (primary N) is 1. The molecule has 2 aromatic rings. The molecule has 0 aliphatic heterocycles. The molecule has 11 heteroatoms. The summed E-state index contributed by atoms with van der Waals surface area (Å²) in [6.45, 7) is 3.94. The van der Waals surface area contributed by atoms with Gasteiger partial charge in [0.25, 0.3) is 0 Å². The SMILES string of the molecule is C=CCN.O=C(O)OS(=O)(=O)On1nnc2ccccc21. The van der Waals surface area contributed by atoms with E-state index in [-0.39, 0.29) is 5.52 Å². The molecule has 0 unspecified atom stereocenters. The van der Waals surface area contributed by atoms with E-state index >= 15 is 0 Å². The fourth-order valence-corrected chi connectivity index (χ4v) is 1.58. The summed E-state index contributed by atoms with van der Waals surface area (Å²) >= 11 is 0. The molecule has 0 aliphatic rings. The standard InChI is InChI=1S/C7H5N3O6S.C3H7N/c11-7(12)15-17(13,14)16-10-6-4-2-1-3-5(6)8-9-10;1-2-3-4/h1-4H,(H,11,12);2H,1,3-4H2. The van der Waals surface area contributed by atoms with Crippen LogP contribution in [0.4, 0.5) is 4.79 Å². The van der Waals surface area contributed by atoms with Crippen LogP contribution in [0.15, 0.2) is 36.9 Å². The molecule has 2 rings (SSSR count). The van der Waals surface area contributed by atoms with Crippen molar-refractivity contribution in [2.45, 2.75) is 0 Å². The molecule has 0 amide bonds. The van der Waals surface area contributed by atoms with Gasteiger partial charge in [0.1, 0.15) is 11.0 Å². The first-order chi connectivity index (χ1) is 9.89. The van der Waals surface area contributed by atoms with Crippen molar-refractivity contribution in [2.24, 2.45) is 5.73 Å². The van der Waals surface area contributed by atoms with Crippen molar-refractivity contribution in [2.75, 3.05) is 6.54 Å². The zero-order chi connectivity index (χ0) is 15.9. The summed E-state index contributed by atoms with van der Waals surface area (Å²) in [6, 6.07) is 6.35. The van der Waals surface area contributed by atoms with Gasteiger partial charge in [-0.05, 0) is 17.3 Å². The molecular formula is C10H12N4O6S. The summed E-state index contributed by atoms with van der Waals surface area (Å²) in [4.78, 5) is 10.6. The Morgan fingerprint density at radius 2 is 2.10 bits per heavy atom. The second kappa shape index (κ2) is 7.21. The van der Waals surface area contributed by atoms with Crippen LogP contribution in [0.25, 0.3) is 11.0 Å². The van der Waals surface area contributed by atoms with Crippen molar-refractivity contribution in [3.63, 3.8) is 0 Å². The van der Waals surface area contributed by atoms with E-state index in [0.717, 1.165) is 0 Å². The maximum atomic E-state index is 11.0. The van der Waals surface area contributed by atoms with E-state index in [4.69, 9.17) is 10.8 Å². The van der Waals surface area contributed by atoms with Crippen LogP contribution in [0.5, 0.6) is 0 Å². The molecule has 3 N–H and O–H groups in total. The molecule has 0 atom stereocenters. The van der Waals surface area contributed by atoms with Crippen molar-refractivity contribution in [1.29, 1.82) is 0 Å². The van der Waals surface area contributed by atoms with Crippen LogP contribution in [0.2, 0.25) is 0 Å². The Morgan fingerprint density at radius 3 is 2.67 bits per heavy atom. The van der Waals surface area contributed by atoms with Crippen LogP contribution in [-0.2, 0) is 14.6 Å². The lowest BCUT2D eigenvalue weighted by Gasteiger charge is -2.02. The largest absolute Gasteiger partial charge is 0.526 e. The smallest absolute Gasteiger partial charge is 0.449 e. The molecule has 1 aromatic carbocycles. The van der Waals surface area contributed by atoms with Crippen LogP contribution in [0, 0.1) is 0 Å². The molecule has 0 spiro atoms. The molecule has 1 heterocycles. The van der Waals surface area contributed by atoms with E-state index in [1.165, 1.54) is 6.07 Å². The van der Waals surface area contributed by atoms with Gasteiger partial charge >= 0.3 is 16.6 Å². The van der Waals surface area contributed by atoms with Gasteiger partial charge in [0, 0.05) is 6.54 Å². The first kappa shape index (κ1) is 16.4. The van der Waals surface area contributed by atoms with Crippen molar-refractivity contribution >= 4 is 27.6 Å². The maximum Gasteiger partial charge on any atom is 0.526 e. The molecule has 1 aromatic heterocycles. The van der Waals surface area contributed by atoms with Gasteiger partial charge in [-0.2, -0.15) is 0 Å². The number of hydrogen-bond acceptors (Lipinski definition) is 8. The lowest BCUT2D eigenvalue weighted by molar-refractivity contribution is 0.129. The van der Waals surface area contributed by atoms with E-state index in [2.05, 4.69) is 25.4 Å². The second-order valence-electron chi connectivity index (χ2n) is 3.31. The average molecular weight is 316 g/mol. The van der Waals surface area contributed by atoms with Gasteiger partial charge in [-0.15, -0.1) is 20.1 Å². The number of carboxylic acid groups (broad SMARTS) is 1. The summed E-state index contributed by atoms with van der Waals surface area (Å²) in [5.74, 6) is 0. The molecule has 0 fully saturated rings. The molecule has 21 heavy (non-hydrogen) atoms. The van der Waals surface area contributed by atoms with E-state index < -0.39 is 16.6 Å². The normalized spacial score (nSPS) is 10.3. The van der Waals surface area contributed by atoms with Crippen molar-refractivity contribution in [3.8, 4) is 0 Å². The van der Waals surface area contributed by atoms with Crippen molar-refractivity contribution in [3.05, 3.63) is 36.9 Å². The summed E-state index contributed by atoms with van der Waals surface area (Å²) < 4.78 is 29.9. The van der Waals surface area contributed by atoms with Crippen LogP contribution in [-0.4, -0.2) is 41.4 Å². The summed E-state index contributed by atoms with van der Waals surface area (Å²) in [7, 11) is -4.73. The van der Waals surface area contributed by atoms with Gasteiger partial charge in [0.15, 0.2) is 0 Å². The van der Waals surface area contributed by atoms with Crippen LogP contribution >= 0.6 is 0 Å².